The highest BCUT2D eigenvalue weighted by molar-refractivity contribution is 5.46. The average Bonchev–Trinajstić information content (AvgIpc) is 2.14. The number of carbonyl (C=O) groups is 1. The molecule has 3 nitrogen and oxygen atoms in total. The van der Waals surface area contributed by atoms with Gasteiger partial charge in [-0.25, -0.2) is 4.39 Å². The van der Waals surface area contributed by atoms with Crippen molar-refractivity contribution >= 4 is 6.41 Å². The molecule has 1 amide bonds. The molecule has 13 heavy (non-hydrogen) atoms. The standard InChI is InChI=1S/C9H10FNO2/c10-8-3-1-2-7(4-8)9(13)5-11-6-12/h1-4,6,9,13H,5H2,(H,11,12). The first-order valence-electron chi connectivity index (χ1n) is 3.84. The molecule has 0 bridgehead atoms. The molecule has 0 heterocycles. The van der Waals surface area contributed by atoms with Gasteiger partial charge in [-0.2, -0.15) is 0 Å². The molecule has 70 valence electrons. The van der Waals surface area contributed by atoms with Crippen LogP contribution in [0, 0.1) is 5.82 Å². The zero-order valence-electron chi connectivity index (χ0n) is 6.90. The molecule has 2 N–H and O–H groups in total. The van der Waals surface area contributed by atoms with Crippen LogP contribution in [0.1, 0.15) is 11.7 Å². The van der Waals surface area contributed by atoms with E-state index in [2.05, 4.69) is 5.32 Å². The Labute approximate surface area is 75.2 Å². The second-order valence-electron chi connectivity index (χ2n) is 2.60. The summed E-state index contributed by atoms with van der Waals surface area (Å²) in [5.74, 6) is -0.400. The van der Waals surface area contributed by atoms with E-state index in [1.807, 2.05) is 0 Å². The summed E-state index contributed by atoms with van der Waals surface area (Å²) in [6.07, 6.45) is -0.372. The van der Waals surface area contributed by atoms with Crippen LogP contribution in [0.15, 0.2) is 24.3 Å². The van der Waals surface area contributed by atoms with Gasteiger partial charge in [-0.3, -0.25) is 4.79 Å². The fraction of sp³-hybridized carbons (Fsp3) is 0.222. The zero-order chi connectivity index (χ0) is 9.68. The maximum Gasteiger partial charge on any atom is 0.207 e. The number of aliphatic hydroxyl groups excluding tert-OH is 1. The van der Waals surface area contributed by atoms with Crippen molar-refractivity contribution < 1.29 is 14.3 Å². The van der Waals surface area contributed by atoms with Gasteiger partial charge in [0.15, 0.2) is 0 Å². The lowest BCUT2D eigenvalue weighted by Gasteiger charge is -2.09. The van der Waals surface area contributed by atoms with Crippen LogP contribution in [0.4, 0.5) is 4.39 Å². The predicted octanol–water partition coefficient (Wildman–Crippen LogP) is 0.605. The summed E-state index contributed by atoms with van der Waals surface area (Å²) >= 11 is 0. The smallest absolute Gasteiger partial charge is 0.207 e. The molecule has 0 aliphatic carbocycles. The van der Waals surface area contributed by atoms with Gasteiger partial charge < -0.3 is 10.4 Å². The number of amides is 1. The maximum atomic E-state index is 12.6. The van der Waals surface area contributed by atoms with E-state index in [-0.39, 0.29) is 6.54 Å². The van der Waals surface area contributed by atoms with Gasteiger partial charge in [0.1, 0.15) is 5.82 Å². The van der Waals surface area contributed by atoms with Crippen molar-refractivity contribution in [3.8, 4) is 0 Å². The second-order valence-corrected chi connectivity index (χ2v) is 2.60. The van der Waals surface area contributed by atoms with Gasteiger partial charge in [-0.05, 0) is 17.7 Å². The summed E-state index contributed by atoms with van der Waals surface area (Å²) in [5, 5.41) is 11.7. The van der Waals surface area contributed by atoms with Crippen molar-refractivity contribution in [3.63, 3.8) is 0 Å². The number of aliphatic hydroxyl groups is 1. The summed E-state index contributed by atoms with van der Waals surface area (Å²) in [7, 11) is 0. The Kier molecular flexibility index (Phi) is 3.40. The molecule has 0 aliphatic heterocycles. The topological polar surface area (TPSA) is 49.3 Å². The molecule has 0 saturated carbocycles. The third kappa shape index (κ3) is 2.83. The number of carbonyl (C=O) groups excluding carboxylic acids is 1. The van der Waals surface area contributed by atoms with Crippen LogP contribution < -0.4 is 5.32 Å². The Morgan fingerprint density at radius 2 is 2.38 bits per heavy atom. The van der Waals surface area contributed by atoms with Gasteiger partial charge in [-0.1, -0.05) is 12.1 Å². The van der Waals surface area contributed by atoms with Crippen LogP contribution in [-0.2, 0) is 4.79 Å². The molecule has 1 atom stereocenters. The number of rotatable bonds is 4. The van der Waals surface area contributed by atoms with Crippen molar-refractivity contribution in [2.24, 2.45) is 0 Å². The Hall–Kier alpha value is -1.42. The molecule has 1 rings (SSSR count). The third-order valence-corrected chi connectivity index (χ3v) is 1.63. The van der Waals surface area contributed by atoms with Crippen LogP contribution in [0.25, 0.3) is 0 Å². The summed E-state index contributed by atoms with van der Waals surface area (Å²) in [6, 6.07) is 5.63. The van der Waals surface area contributed by atoms with Gasteiger partial charge in [0.25, 0.3) is 0 Å². The van der Waals surface area contributed by atoms with Crippen LogP contribution in [0.2, 0.25) is 0 Å². The minimum absolute atomic E-state index is 0.0902. The molecule has 0 spiro atoms. The van der Waals surface area contributed by atoms with Gasteiger partial charge in [-0.15, -0.1) is 0 Å². The molecule has 0 radical (unpaired) electrons. The first-order valence-corrected chi connectivity index (χ1v) is 3.84. The minimum Gasteiger partial charge on any atom is -0.387 e. The first kappa shape index (κ1) is 9.67. The van der Waals surface area contributed by atoms with E-state index in [9.17, 15) is 14.3 Å². The second kappa shape index (κ2) is 4.57. The zero-order valence-corrected chi connectivity index (χ0v) is 6.90. The summed E-state index contributed by atoms with van der Waals surface area (Å²) in [4.78, 5) is 9.91. The van der Waals surface area contributed by atoms with Gasteiger partial charge in [0.2, 0.25) is 6.41 Å². The van der Waals surface area contributed by atoms with E-state index in [0.29, 0.717) is 12.0 Å². The Morgan fingerprint density at radius 1 is 1.62 bits per heavy atom. The number of hydrogen-bond donors (Lipinski definition) is 2. The highest BCUT2D eigenvalue weighted by atomic mass is 19.1. The fourth-order valence-corrected chi connectivity index (χ4v) is 0.991. The third-order valence-electron chi connectivity index (χ3n) is 1.63. The quantitative estimate of drug-likeness (QED) is 0.672. The lowest BCUT2D eigenvalue weighted by atomic mass is 10.1. The lowest BCUT2D eigenvalue weighted by Crippen LogP contribution is -2.19. The molecule has 0 fully saturated rings. The molecule has 0 aliphatic rings. The Morgan fingerprint density at radius 3 is 3.00 bits per heavy atom. The molecule has 1 unspecified atom stereocenters. The Balaban J connectivity index is 2.65. The van der Waals surface area contributed by atoms with Crippen molar-refractivity contribution in [1.82, 2.24) is 5.32 Å². The van der Waals surface area contributed by atoms with Crippen LogP contribution in [-0.4, -0.2) is 18.1 Å². The molecule has 4 heteroatoms. The van der Waals surface area contributed by atoms with E-state index in [4.69, 9.17) is 0 Å². The summed E-state index contributed by atoms with van der Waals surface area (Å²) < 4.78 is 12.6. The van der Waals surface area contributed by atoms with Gasteiger partial charge >= 0.3 is 0 Å². The van der Waals surface area contributed by atoms with Crippen LogP contribution in [0.3, 0.4) is 0 Å². The van der Waals surface area contributed by atoms with E-state index in [1.165, 1.54) is 18.2 Å². The minimum atomic E-state index is -0.860. The van der Waals surface area contributed by atoms with E-state index in [0.717, 1.165) is 0 Å². The van der Waals surface area contributed by atoms with Crippen molar-refractivity contribution in [3.05, 3.63) is 35.6 Å². The van der Waals surface area contributed by atoms with E-state index in [1.54, 1.807) is 6.07 Å². The molecular weight excluding hydrogens is 173 g/mol. The number of nitrogens with one attached hydrogen (secondary N) is 1. The maximum absolute atomic E-state index is 12.6. The van der Waals surface area contributed by atoms with Crippen molar-refractivity contribution in [2.45, 2.75) is 6.10 Å². The molecule has 0 aromatic heterocycles. The molecule has 0 saturated heterocycles. The van der Waals surface area contributed by atoms with Gasteiger partial charge in [0, 0.05) is 6.54 Å². The normalized spacial score (nSPS) is 12.2. The lowest BCUT2D eigenvalue weighted by molar-refractivity contribution is -0.109. The van der Waals surface area contributed by atoms with E-state index < -0.39 is 11.9 Å². The Bertz CT molecular complexity index is 291. The predicted molar refractivity (Wildman–Crippen MR) is 45.4 cm³/mol. The fourth-order valence-electron chi connectivity index (χ4n) is 0.991. The molecular formula is C9H10FNO2. The number of benzene rings is 1. The van der Waals surface area contributed by atoms with E-state index >= 15 is 0 Å². The SMILES string of the molecule is O=CNCC(O)c1cccc(F)c1. The van der Waals surface area contributed by atoms with Crippen LogP contribution >= 0.6 is 0 Å². The van der Waals surface area contributed by atoms with Crippen molar-refractivity contribution in [1.29, 1.82) is 0 Å². The largest absolute Gasteiger partial charge is 0.387 e. The first-order chi connectivity index (χ1) is 6.24. The number of hydrogen-bond acceptors (Lipinski definition) is 2. The highest BCUT2D eigenvalue weighted by Gasteiger charge is 2.06. The average molecular weight is 183 g/mol. The summed E-state index contributed by atoms with van der Waals surface area (Å²) in [5.41, 5.74) is 0.453. The molecule has 1 aromatic rings. The van der Waals surface area contributed by atoms with Gasteiger partial charge in [0.05, 0.1) is 6.10 Å². The monoisotopic (exact) mass is 183 g/mol. The summed E-state index contributed by atoms with van der Waals surface area (Å²) in [6.45, 7) is 0.0902. The number of halogens is 1. The molecule has 1 aromatic carbocycles. The highest BCUT2D eigenvalue weighted by Crippen LogP contribution is 2.12. The van der Waals surface area contributed by atoms with Crippen molar-refractivity contribution in [2.75, 3.05) is 6.54 Å². The van der Waals surface area contributed by atoms with Crippen LogP contribution in [0.5, 0.6) is 0 Å².